The molecule has 12 nitrogen and oxygen atoms in total. The monoisotopic (exact) mass is 598 g/mol. The number of hydrogen-bond acceptors (Lipinski definition) is 12. The van der Waals surface area contributed by atoms with Crippen LogP contribution in [-0.4, -0.2) is 44.9 Å². The van der Waals surface area contributed by atoms with Gasteiger partial charge in [0.25, 0.3) is 0 Å². The first-order valence-electron chi connectivity index (χ1n) is 13.2. The van der Waals surface area contributed by atoms with Gasteiger partial charge in [-0.15, -0.1) is 0 Å². The molecule has 1 aliphatic heterocycles. The summed E-state index contributed by atoms with van der Waals surface area (Å²) in [5.74, 6) is -1.71. The fourth-order valence-corrected chi connectivity index (χ4v) is 5.38. The molecule has 3 heterocycles. The topological polar surface area (TPSA) is 189 Å². The van der Waals surface area contributed by atoms with Gasteiger partial charge in [-0.05, 0) is 37.3 Å². The number of phenolic OH excluding ortho intramolecular Hbond substituents is 5. The maximum Gasteiger partial charge on any atom is 0.209 e. The second-order valence-corrected chi connectivity index (χ2v) is 10.5. The molecule has 0 amide bonds. The van der Waals surface area contributed by atoms with Gasteiger partial charge in [0.1, 0.15) is 51.5 Å². The van der Waals surface area contributed by atoms with E-state index in [0.717, 1.165) is 12.1 Å². The zero-order chi connectivity index (χ0) is 31.1. The van der Waals surface area contributed by atoms with Crippen LogP contribution in [0.5, 0.6) is 46.0 Å². The van der Waals surface area contributed by atoms with Crippen molar-refractivity contribution in [1.29, 1.82) is 0 Å². The van der Waals surface area contributed by atoms with E-state index in [1.807, 2.05) is 0 Å². The van der Waals surface area contributed by atoms with Crippen molar-refractivity contribution < 1.29 is 48.6 Å². The molecule has 44 heavy (non-hydrogen) atoms. The molecule has 1 unspecified atom stereocenters. The van der Waals surface area contributed by atoms with E-state index < -0.39 is 33.7 Å². The predicted molar refractivity (Wildman–Crippen MR) is 158 cm³/mol. The Morgan fingerprint density at radius 3 is 2.32 bits per heavy atom. The third-order valence-corrected chi connectivity index (χ3v) is 7.53. The summed E-state index contributed by atoms with van der Waals surface area (Å²) >= 11 is 0. The molecule has 6 aromatic rings. The Morgan fingerprint density at radius 2 is 1.55 bits per heavy atom. The smallest absolute Gasteiger partial charge is 0.209 e. The molecule has 12 heteroatoms. The molecule has 1 aliphatic rings. The summed E-state index contributed by atoms with van der Waals surface area (Å²) in [6.45, 7) is 1.52. The van der Waals surface area contributed by atoms with Crippen LogP contribution in [0.15, 0.2) is 67.0 Å². The van der Waals surface area contributed by atoms with Crippen molar-refractivity contribution >= 4 is 50.0 Å². The van der Waals surface area contributed by atoms with Crippen LogP contribution in [0.4, 0.5) is 0 Å². The Bertz CT molecular complexity index is 2370. The van der Waals surface area contributed by atoms with Crippen LogP contribution in [0.3, 0.4) is 0 Å². The third kappa shape index (κ3) is 3.84. The van der Waals surface area contributed by atoms with Crippen LogP contribution in [0, 0.1) is 0 Å². The lowest BCUT2D eigenvalue weighted by Gasteiger charge is -2.34. The van der Waals surface area contributed by atoms with Gasteiger partial charge in [0.15, 0.2) is 28.3 Å². The van der Waals surface area contributed by atoms with Crippen molar-refractivity contribution in [2.45, 2.75) is 12.5 Å². The van der Waals surface area contributed by atoms with E-state index in [9.17, 15) is 35.1 Å². The lowest BCUT2D eigenvalue weighted by molar-refractivity contribution is 0.0424. The molecule has 222 valence electrons. The number of fused-ring (bicyclic) bond motifs is 6. The molecule has 0 radical (unpaired) electrons. The standard InChI is InChI=1S/C32H22O12/c1-32(7-6-14-18(35)11-21-24(25(14)37)26(38)15-4-3-5-17(34)28(15)42-21)12-41-31-29-16(10-22(40-2)30(31)44-32)27(39)23-19(36)8-13(33)9-20(23)43-29/h3-11,33-37H,12H2,1-2H3. The fourth-order valence-electron chi connectivity index (χ4n) is 5.38. The largest absolute Gasteiger partial charge is 0.508 e. The van der Waals surface area contributed by atoms with E-state index in [4.69, 9.17) is 23.0 Å². The number of rotatable bonds is 3. The lowest BCUT2D eigenvalue weighted by atomic mass is 10.0. The number of methoxy groups -OCH3 is 1. The zero-order valence-corrected chi connectivity index (χ0v) is 23.0. The van der Waals surface area contributed by atoms with Crippen molar-refractivity contribution in [1.82, 2.24) is 0 Å². The molecule has 1 atom stereocenters. The summed E-state index contributed by atoms with van der Waals surface area (Å²) in [6.07, 6.45) is 2.86. The van der Waals surface area contributed by atoms with E-state index in [1.165, 1.54) is 49.6 Å². The number of benzene rings is 4. The highest BCUT2D eigenvalue weighted by Gasteiger charge is 2.36. The van der Waals surface area contributed by atoms with Gasteiger partial charge in [-0.25, -0.2) is 0 Å². The Morgan fingerprint density at radius 1 is 0.818 bits per heavy atom. The van der Waals surface area contributed by atoms with Crippen molar-refractivity contribution in [2.75, 3.05) is 13.7 Å². The number of aromatic hydroxyl groups is 5. The van der Waals surface area contributed by atoms with Crippen LogP contribution < -0.4 is 25.1 Å². The number of phenols is 5. The summed E-state index contributed by atoms with van der Waals surface area (Å²) < 4.78 is 29.3. The predicted octanol–water partition coefficient (Wildman–Crippen LogP) is 4.99. The van der Waals surface area contributed by atoms with Crippen LogP contribution in [0.25, 0.3) is 50.0 Å². The van der Waals surface area contributed by atoms with Crippen molar-refractivity contribution in [3.05, 3.63) is 74.6 Å². The molecular weight excluding hydrogens is 576 g/mol. The second-order valence-electron chi connectivity index (χ2n) is 10.5. The Balaban J connectivity index is 1.33. The van der Waals surface area contributed by atoms with E-state index in [0.29, 0.717) is 0 Å². The van der Waals surface area contributed by atoms with Crippen molar-refractivity contribution in [3.63, 3.8) is 0 Å². The van der Waals surface area contributed by atoms with Crippen molar-refractivity contribution in [2.24, 2.45) is 0 Å². The van der Waals surface area contributed by atoms with Gasteiger partial charge in [-0.2, -0.15) is 0 Å². The number of ether oxygens (including phenoxy) is 3. The van der Waals surface area contributed by atoms with E-state index >= 15 is 0 Å². The van der Waals surface area contributed by atoms with E-state index in [1.54, 1.807) is 6.92 Å². The summed E-state index contributed by atoms with van der Waals surface area (Å²) in [7, 11) is 1.37. The average Bonchev–Trinajstić information content (AvgIpc) is 2.96. The first kappa shape index (κ1) is 26.8. The van der Waals surface area contributed by atoms with E-state index in [-0.39, 0.29) is 84.8 Å². The molecule has 0 aliphatic carbocycles. The minimum Gasteiger partial charge on any atom is -0.508 e. The number of para-hydroxylation sites is 1. The quantitative estimate of drug-likeness (QED) is 0.172. The Kier molecular flexibility index (Phi) is 5.63. The number of hydrogen-bond donors (Lipinski definition) is 5. The van der Waals surface area contributed by atoms with Crippen LogP contribution in [0.1, 0.15) is 12.5 Å². The summed E-state index contributed by atoms with van der Waals surface area (Å²) in [5.41, 5.74) is -2.77. The molecule has 0 saturated carbocycles. The van der Waals surface area contributed by atoms with Gasteiger partial charge in [0.05, 0.1) is 23.4 Å². The summed E-state index contributed by atoms with van der Waals surface area (Å²) in [4.78, 5) is 26.5. The van der Waals surface area contributed by atoms with Gasteiger partial charge >= 0.3 is 0 Å². The molecule has 4 aromatic carbocycles. The Labute approximate surface area is 245 Å². The van der Waals surface area contributed by atoms with Crippen LogP contribution >= 0.6 is 0 Å². The molecule has 7 rings (SSSR count). The zero-order valence-electron chi connectivity index (χ0n) is 23.0. The highest BCUT2D eigenvalue weighted by Crippen LogP contribution is 2.49. The van der Waals surface area contributed by atoms with Gasteiger partial charge < -0.3 is 48.6 Å². The van der Waals surface area contributed by atoms with Gasteiger partial charge in [0.2, 0.25) is 22.4 Å². The normalized spacial score (nSPS) is 16.4. The minimum absolute atomic E-state index is 0.00383. The summed E-state index contributed by atoms with van der Waals surface area (Å²) in [6, 6.07) is 9.03. The molecule has 2 aromatic heterocycles. The molecule has 0 bridgehead atoms. The van der Waals surface area contributed by atoms with E-state index in [2.05, 4.69) is 0 Å². The highest BCUT2D eigenvalue weighted by atomic mass is 16.6. The van der Waals surface area contributed by atoms with Gasteiger partial charge in [0, 0.05) is 18.2 Å². The summed E-state index contributed by atoms with van der Waals surface area (Å²) in [5, 5.41) is 51.9. The van der Waals surface area contributed by atoms with Crippen molar-refractivity contribution in [3.8, 4) is 46.0 Å². The molecule has 0 saturated heterocycles. The van der Waals surface area contributed by atoms with Crippen LogP contribution in [0.2, 0.25) is 0 Å². The highest BCUT2D eigenvalue weighted by molar-refractivity contribution is 5.99. The maximum absolute atomic E-state index is 13.3. The lowest BCUT2D eigenvalue weighted by Crippen LogP contribution is -2.40. The molecule has 0 fully saturated rings. The first-order chi connectivity index (χ1) is 21.0. The molecular formula is C32H22O12. The van der Waals surface area contributed by atoms with Gasteiger partial charge in [-0.1, -0.05) is 6.07 Å². The molecule has 5 N–H and O–H groups in total. The van der Waals surface area contributed by atoms with Crippen LogP contribution in [-0.2, 0) is 0 Å². The fraction of sp³-hybridized carbons (Fsp3) is 0.125. The molecule has 0 spiro atoms. The SMILES string of the molecule is COc1cc2c(=O)c3c(O)cc(O)cc3oc2c2c1OC(C)(C=Cc1c(O)cc3oc4c(O)cccc4c(=O)c3c1O)CO2. The minimum atomic E-state index is -1.23. The average molecular weight is 599 g/mol. The van der Waals surface area contributed by atoms with Gasteiger partial charge in [-0.3, -0.25) is 9.59 Å². The maximum atomic E-state index is 13.3. The Hall–Kier alpha value is -6.04. The second kappa shape index (κ2) is 9.23. The first-order valence-corrected chi connectivity index (χ1v) is 13.2. The third-order valence-electron chi connectivity index (χ3n) is 7.53.